The monoisotopic (exact) mass is 271 g/mol. The van der Waals surface area contributed by atoms with Gasteiger partial charge in [-0.2, -0.15) is 0 Å². The fraction of sp³-hybridized carbons (Fsp3) is 0. The number of primary amides is 1. The first kappa shape index (κ1) is 11.6. The lowest BCUT2D eigenvalue weighted by Gasteiger charge is -1.96. The average Bonchev–Trinajstić information content (AvgIpc) is 2.81. The number of amides is 1. The molecule has 0 atom stereocenters. The number of carbonyl (C=O) groups excluding carboxylic acids is 1. The van der Waals surface area contributed by atoms with Crippen LogP contribution < -0.4 is 5.73 Å². The van der Waals surface area contributed by atoms with Gasteiger partial charge in [0.2, 0.25) is 0 Å². The van der Waals surface area contributed by atoms with Crippen molar-refractivity contribution in [3.63, 3.8) is 0 Å². The second-order valence-electron chi connectivity index (χ2n) is 3.97. The first-order valence-corrected chi connectivity index (χ1v) is 6.31. The minimum absolute atomic E-state index is 0.213. The summed E-state index contributed by atoms with van der Waals surface area (Å²) in [4.78, 5) is 19.4. The van der Waals surface area contributed by atoms with Gasteiger partial charge in [-0.05, 0) is 30.3 Å². The molecule has 2 aromatic heterocycles. The van der Waals surface area contributed by atoms with Gasteiger partial charge in [0.15, 0.2) is 0 Å². The van der Waals surface area contributed by atoms with Gasteiger partial charge in [0.05, 0.1) is 10.2 Å². The van der Waals surface area contributed by atoms with Crippen molar-refractivity contribution in [2.75, 3.05) is 0 Å². The molecule has 0 aliphatic heterocycles. The van der Waals surface area contributed by atoms with Crippen molar-refractivity contribution in [1.29, 1.82) is 0 Å². The first-order valence-electron chi connectivity index (χ1n) is 5.49. The van der Waals surface area contributed by atoms with Crippen molar-refractivity contribution >= 4 is 27.5 Å². The Bertz CT molecular complexity index is 765. The van der Waals surface area contributed by atoms with Crippen molar-refractivity contribution in [1.82, 2.24) is 9.97 Å². The van der Waals surface area contributed by atoms with Crippen LogP contribution in [0.15, 0.2) is 36.5 Å². The molecule has 0 saturated heterocycles. The van der Waals surface area contributed by atoms with Crippen LogP contribution in [0.2, 0.25) is 0 Å². The number of benzene rings is 1. The normalized spacial score (nSPS) is 10.7. The number of aromatic hydroxyl groups is 1. The van der Waals surface area contributed by atoms with Crippen LogP contribution in [0.1, 0.15) is 10.5 Å². The van der Waals surface area contributed by atoms with Crippen LogP contribution in [0.5, 0.6) is 5.75 Å². The Morgan fingerprint density at radius 3 is 2.79 bits per heavy atom. The fourth-order valence-corrected chi connectivity index (χ4v) is 2.69. The molecule has 2 heterocycles. The number of aromatic nitrogens is 2. The van der Waals surface area contributed by atoms with E-state index >= 15 is 0 Å². The zero-order chi connectivity index (χ0) is 13.4. The number of rotatable bonds is 2. The summed E-state index contributed by atoms with van der Waals surface area (Å²) in [6, 6.07) is 8.35. The summed E-state index contributed by atoms with van der Waals surface area (Å²) in [7, 11) is 0. The summed E-state index contributed by atoms with van der Waals surface area (Å²) in [5.41, 5.74) is 6.99. The lowest BCUT2D eigenvalue weighted by atomic mass is 10.2. The predicted octanol–water partition coefficient (Wildman–Crippen LogP) is 2.16. The second-order valence-corrected chi connectivity index (χ2v) is 5.00. The third kappa shape index (κ3) is 2.13. The minimum Gasteiger partial charge on any atom is -0.508 e. The van der Waals surface area contributed by atoms with Gasteiger partial charge in [-0.1, -0.05) is 0 Å². The smallest absolute Gasteiger partial charge is 0.267 e. The summed E-state index contributed by atoms with van der Waals surface area (Å²) in [6.07, 6.45) is 1.57. The Hall–Kier alpha value is -2.47. The highest BCUT2D eigenvalue weighted by Crippen LogP contribution is 2.31. The highest BCUT2D eigenvalue weighted by Gasteiger charge is 2.08. The first-order chi connectivity index (χ1) is 9.13. The molecule has 3 rings (SSSR count). The summed E-state index contributed by atoms with van der Waals surface area (Å²) >= 11 is 1.45. The molecule has 0 radical (unpaired) electrons. The van der Waals surface area contributed by atoms with Crippen molar-refractivity contribution in [2.24, 2.45) is 5.73 Å². The van der Waals surface area contributed by atoms with Crippen molar-refractivity contribution < 1.29 is 9.90 Å². The lowest BCUT2D eigenvalue weighted by Crippen LogP contribution is -2.12. The number of thiazole rings is 1. The maximum atomic E-state index is 10.9. The van der Waals surface area contributed by atoms with E-state index in [1.54, 1.807) is 36.5 Å². The molecule has 0 aliphatic rings. The highest BCUT2D eigenvalue weighted by molar-refractivity contribution is 7.21. The maximum absolute atomic E-state index is 10.9. The van der Waals surface area contributed by atoms with Crippen LogP contribution in [-0.4, -0.2) is 21.0 Å². The summed E-state index contributed by atoms with van der Waals surface area (Å²) in [5, 5.41) is 10.2. The summed E-state index contributed by atoms with van der Waals surface area (Å²) < 4.78 is 0.897. The predicted molar refractivity (Wildman–Crippen MR) is 73.0 cm³/mol. The SMILES string of the molecule is NC(=O)c1ccc(-c2nc3ccc(O)cc3s2)cn1. The van der Waals surface area contributed by atoms with E-state index < -0.39 is 5.91 Å². The molecule has 3 N–H and O–H groups in total. The molecule has 3 aromatic rings. The maximum Gasteiger partial charge on any atom is 0.267 e. The van der Waals surface area contributed by atoms with E-state index in [0.29, 0.717) is 0 Å². The lowest BCUT2D eigenvalue weighted by molar-refractivity contribution is 0.0995. The number of hydrogen-bond acceptors (Lipinski definition) is 5. The summed E-state index contributed by atoms with van der Waals surface area (Å²) in [5.74, 6) is -0.342. The van der Waals surface area contributed by atoms with E-state index in [4.69, 9.17) is 5.73 Å². The second kappa shape index (κ2) is 4.33. The molecule has 0 unspecified atom stereocenters. The van der Waals surface area contributed by atoms with Gasteiger partial charge in [-0.15, -0.1) is 11.3 Å². The fourth-order valence-electron chi connectivity index (χ4n) is 1.70. The number of fused-ring (bicyclic) bond motifs is 1. The molecule has 0 bridgehead atoms. The molecule has 1 aromatic carbocycles. The van der Waals surface area contributed by atoms with E-state index in [0.717, 1.165) is 20.8 Å². The third-order valence-corrected chi connectivity index (χ3v) is 3.70. The Labute approximate surface area is 112 Å². The molecule has 6 heteroatoms. The Morgan fingerprint density at radius 1 is 1.26 bits per heavy atom. The molecule has 0 saturated carbocycles. The van der Waals surface area contributed by atoms with Crippen LogP contribution in [-0.2, 0) is 0 Å². The van der Waals surface area contributed by atoms with Gasteiger partial charge < -0.3 is 10.8 Å². The minimum atomic E-state index is -0.555. The highest BCUT2D eigenvalue weighted by atomic mass is 32.1. The molecule has 0 aliphatic carbocycles. The number of phenols is 1. The van der Waals surface area contributed by atoms with E-state index in [1.165, 1.54) is 11.3 Å². The van der Waals surface area contributed by atoms with E-state index in [-0.39, 0.29) is 11.4 Å². The number of nitrogens with zero attached hydrogens (tertiary/aromatic N) is 2. The Kier molecular flexibility index (Phi) is 2.64. The van der Waals surface area contributed by atoms with Crippen molar-refractivity contribution in [2.45, 2.75) is 0 Å². The number of phenolic OH excluding ortho intramolecular Hbond substituents is 1. The summed E-state index contributed by atoms with van der Waals surface area (Å²) in [6.45, 7) is 0. The molecular formula is C13H9N3O2S. The Morgan fingerprint density at radius 2 is 2.11 bits per heavy atom. The quantitative estimate of drug-likeness (QED) is 0.747. The van der Waals surface area contributed by atoms with Crippen LogP contribution in [0.4, 0.5) is 0 Å². The third-order valence-electron chi connectivity index (χ3n) is 2.63. The average molecular weight is 271 g/mol. The van der Waals surface area contributed by atoms with Crippen molar-refractivity contribution in [3.8, 4) is 16.3 Å². The molecule has 1 amide bonds. The van der Waals surface area contributed by atoms with Gasteiger partial charge in [0.1, 0.15) is 16.5 Å². The molecule has 19 heavy (non-hydrogen) atoms. The van der Waals surface area contributed by atoms with Crippen LogP contribution in [0, 0.1) is 0 Å². The van der Waals surface area contributed by atoms with E-state index in [1.807, 2.05) is 0 Å². The number of nitrogens with two attached hydrogens (primary N) is 1. The van der Waals surface area contributed by atoms with E-state index in [2.05, 4.69) is 9.97 Å². The molecule has 0 fully saturated rings. The van der Waals surface area contributed by atoms with Crippen LogP contribution >= 0.6 is 11.3 Å². The number of pyridine rings is 1. The Balaban J connectivity index is 2.06. The number of hydrogen-bond donors (Lipinski definition) is 2. The largest absolute Gasteiger partial charge is 0.508 e. The van der Waals surface area contributed by atoms with Crippen molar-refractivity contribution in [3.05, 3.63) is 42.2 Å². The van der Waals surface area contributed by atoms with Crippen LogP contribution in [0.25, 0.3) is 20.8 Å². The topological polar surface area (TPSA) is 89.1 Å². The standard InChI is InChI=1S/C13H9N3O2S/c14-12(18)10-3-1-7(6-15-10)13-16-9-4-2-8(17)5-11(9)19-13/h1-6,17H,(H2,14,18). The molecule has 0 spiro atoms. The van der Waals surface area contributed by atoms with Gasteiger partial charge in [0, 0.05) is 11.8 Å². The zero-order valence-electron chi connectivity index (χ0n) is 9.70. The van der Waals surface area contributed by atoms with Gasteiger partial charge in [-0.3, -0.25) is 9.78 Å². The van der Waals surface area contributed by atoms with Gasteiger partial charge in [0.25, 0.3) is 5.91 Å². The molecular weight excluding hydrogens is 262 g/mol. The van der Waals surface area contributed by atoms with Crippen LogP contribution in [0.3, 0.4) is 0 Å². The van der Waals surface area contributed by atoms with Gasteiger partial charge in [-0.25, -0.2) is 4.98 Å². The number of carbonyl (C=O) groups is 1. The zero-order valence-corrected chi connectivity index (χ0v) is 10.5. The van der Waals surface area contributed by atoms with Gasteiger partial charge >= 0.3 is 0 Å². The molecule has 5 nitrogen and oxygen atoms in total. The molecule has 94 valence electrons. The van der Waals surface area contributed by atoms with E-state index in [9.17, 15) is 9.90 Å².